The highest BCUT2D eigenvalue weighted by Crippen LogP contribution is 2.31. The second-order valence-electron chi connectivity index (χ2n) is 6.48. The monoisotopic (exact) mass is 439 g/mol. The third-order valence-electron chi connectivity index (χ3n) is 4.29. The zero-order chi connectivity index (χ0) is 23.1. The van der Waals surface area contributed by atoms with E-state index < -0.39 is 12.1 Å². The van der Waals surface area contributed by atoms with Crippen molar-refractivity contribution in [3.8, 4) is 17.5 Å². The van der Waals surface area contributed by atoms with E-state index in [4.69, 9.17) is 14.3 Å². The number of hydrogen-bond donors (Lipinski definition) is 2. The highest BCUT2D eigenvalue weighted by atomic mass is 19.4. The molecule has 6 nitrogen and oxygen atoms in total. The molecule has 4 aromatic rings. The van der Waals surface area contributed by atoms with Crippen LogP contribution >= 0.6 is 0 Å². The van der Waals surface area contributed by atoms with Gasteiger partial charge in [-0.2, -0.15) is 23.4 Å². The van der Waals surface area contributed by atoms with Gasteiger partial charge in [-0.05, 0) is 22.4 Å². The van der Waals surface area contributed by atoms with Crippen molar-refractivity contribution in [2.24, 2.45) is 0 Å². The van der Waals surface area contributed by atoms with Crippen LogP contribution in [0, 0.1) is 11.3 Å². The summed E-state index contributed by atoms with van der Waals surface area (Å²) in [6.45, 7) is 0.569. The molecule has 0 amide bonds. The van der Waals surface area contributed by atoms with E-state index in [1.165, 1.54) is 0 Å². The van der Waals surface area contributed by atoms with Gasteiger partial charge in [0.25, 0.3) is 0 Å². The van der Waals surface area contributed by atoms with Crippen LogP contribution in [0.25, 0.3) is 22.2 Å². The maximum Gasteiger partial charge on any atom is 0.490 e. The molecule has 0 spiro atoms. The van der Waals surface area contributed by atoms with Gasteiger partial charge >= 0.3 is 12.1 Å². The van der Waals surface area contributed by atoms with E-state index in [0.29, 0.717) is 18.3 Å². The number of nitrogens with one attached hydrogen (secondary N) is 1. The molecule has 0 saturated carbocycles. The lowest BCUT2D eigenvalue weighted by Crippen LogP contribution is -2.21. The van der Waals surface area contributed by atoms with E-state index in [2.05, 4.69) is 16.4 Å². The lowest BCUT2D eigenvalue weighted by atomic mass is 10.0. The molecule has 0 aliphatic carbocycles. The van der Waals surface area contributed by atoms with E-state index in [1.54, 1.807) is 0 Å². The number of alkyl halides is 3. The first-order valence-electron chi connectivity index (χ1n) is 9.26. The molecular formula is C23H16F3N3O3. The van der Waals surface area contributed by atoms with Gasteiger partial charge in [-0.15, -0.1) is 0 Å². The van der Waals surface area contributed by atoms with Crippen molar-refractivity contribution in [2.75, 3.05) is 5.32 Å². The Morgan fingerprint density at radius 3 is 2.31 bits per heavy atom. The van der Waals surface area contributed by atoms with E-state index in [-0.39, 0.29) is 5.69 Å². The molecule has 0 saturated heterocycles. The van der Waals surface area contributed by atoms with Crippen LogP contribution in [-0.4, -0.2) is 22.2 Å². The lowest BCUT2D eigenvalue weighted by molar-refractivity contribution is -0.192. The quantitative estimate of drug-likeness (QED) is 0.429. The molecule has 1 aromatic heterocycles. The van der Waals surface area contributed by atoms with Gasteiger partial charge in [-0.1, -0.05) is 66.7 Å². The molecule has 4 rings (SSSR count). The average molecular weight is 439 g/mol. The highest BCUT2D eigenvalue weighted by molar-refractivity contribution is 5.94. The number of anilines is 1. The van der Waals surface area contributed by atoms with Crippen LogP contribution in [0.3, 0.4) is 0 Å². The molecule has 0 unspecified atom stereocenters. The number of fused-ring (bicyclic) bond motifs is 1. The minimum Gasteiger partial charge on any atom is -0.475 e. The lowest BCUT2D eigenvalue weighted by Gasteiger charge is -2.04. The normalized spacial score (nSPS) is 10.7. The number of nitriles is 1. The number of halogens is 3. The molecule has 0 aliphatic heterocycles. The van der Waals surface area contributed by atoms with Crippen molar-refractivity contribution in [3.63, 3.8) is 0 Å². The number of benzene rings is 3. The number of nitrogens with zero attached hydrogens (tertiary/aromatic N) is 2. The second kappa shape index (κ2) is 9.66. The number of oxazole rings is 1. The smallest absolute Gasteiger partial charge is 0.475 e. The summed E-state index contributed by atoms with van der Waals surface area (Å²) in [4.78, 5) is 13.3. The maximum absolute atomic E-state index is 10.6. The van der Waals surface area contributed by atoms with Crippen molar-refractivity contribution in [1.29, 1.82) is 5.26 Å². The molecule has 2 N–H and O–H groups in total. The number of carboxylic acid groups (broad SMARTS) is 1. The van der Waals surface area contributed by atoms with E-state index >= 15 is 0 Å². The Morgan fingerprint density at radius 1 is 1.03 bits per heavy atom. The largest absolute Gasteiger partial charge is 0.490 e. The Kier molecular flexibility index (Phi) is 6.75. The summed E-state index contributed by atoms with van der Waals surface area (Å²) in [5.74, 6) is -1.91. The molecule has 0 atom stereocenters. The van der Waals surface area contributed by atoms with Gasteiger partial charge in [0.2, 0.25) is 17.5 Å². The minimum atomic E-state index is -5.08. The van der Waals surface area contributed by atoms with Crippen molar-refractivity contribution in [3.05, 3.63) is 84.1 Å². The fourth-order valence-corrected chi connectivity index (χ4v) is 2.82. The van der Waals surface area contributed by atoms with Crippen molar-refractivity contribution < 1.29 is 27.5 Å². The van der Waals surface area contributed by atoms with Gasteiger partial charge in [-0.25, -0.2) is 4.79 Å². The molecule has 0 fully saturated rings. The van der Waals surface area contributed by atoms with Crippen LogP contribution in [0.5, 0.6) is 0 Å². The number of carboxylic acids is 1. The minimum absolute atomic E-state index is 0.263. The molecule has 9 heteroatoms. The molecule has 0 bridgehead atoms. The Labute approximate surface area is 180 Å². The van der Waals surface area contributed by atoms with Gasteiger partial charge in [-0.3, -0.25) is 0 Å². The summed E-state index contributed by atoms with van der Waals surface area (Å²) < 4.78 is 37.6. The van der Waals surface area contributed by atoms with Crippen LogP contribution < -0.4 is 5.32 Å². The van der Waals surface area contributed by atoms with Crippen molar-refractivity contribution in [2.45, 2.75) is 12.7 Å². The number of carbonyl (C=O) groups is 1. The summed E-state index contributed by atoms with van der Waals surface area (Å²) in [5, 5.41) is 21.8. The van der Waals surface area contributed by atoms with Crippen LogP contribution in [-0.2, 0) is 11.3 Å². The predicted octanol–water partition coefficient (Wildman–Crippen LogP) is 5.61. The summed E-state index contributed by atoms with van der Waals surface area (Å²) in [7, 11) is 0. The van der Waals surface area contributed by atoms with Crippen LogP contribution in [0.4, 0.5) is 19.1 Å². The molecule has 1 heterocycles. The van der Waals surface area contributed by atoms with Crippen molar-refractivity contribution in [1.82, 2.24) is 4.98 Å². The summed E-state index contributed by atoms with van der Waals surface area (Å²) in [5.41, 5.74) is 2.25. The Balaban J connectivity index is 0.000000360. The number of rotatable bonds is 4. The van der Waals surface area contributed by atoms with Gasteiger partial charge in [0, 0.05) is 12.1 Å². The predicted molar refractivity (Wildman–Crippen MR) is 112 cm³/mol. The standard InChI is InChI=1S/C21H15N3O.C2HF3O2/c22-13-19-21(23-14-15-7-2-1-3-8-15)25-20(24-19)18-12-6-10-16-9-4-5-11-17(16)18;3-2(4,5)1(6)7/h1-12,23H,14H2;(H,6,7). The molecule has 3 aromatic carbocycles. The highest BCUT2D eigenvalue weighted by Gasteiger charge is 2.38. The molecule has 32 heavy (non-hydrogen) atoms. The van der Waals surface area contributed by atoms with E-state index in [9.17, 15) is 18.4 Å². The van der Waals surface area contributed by atoms with Gasteiger partial charge in [0.15, 0.2) is 0 Å². The average Bonchev–Trinajstić information content (AvgIpc) is 3.21. The first-order valence-corrected chi connectivity index (χ1v) is 9.26. The molecular weight excluding hydrogens is 423 g/mol. The van der Waals surface area contributed by atoms with Gasteiger partial charge < -0.3 is 14.8 Å². The molecule has 0 aliphatic rings. The fraction of sp³-hybridized carbons (Fsp3) is 0.0870. The first-order chi connectivity index (χ1) is 15.3. The Hall–Kier alpha value is -4.32. The first kappa shape index (κ1) is 22.4. The number of hydrogen-bond acceptors (Lipinski definition) is 5. The van der Waals surface area contributed by atoms with E-state index in [1.807, 2.05) is 72.8 Å². The summed E-state index contributed by atoms with van der Waals surface area (Å²) in [6.07, 6.45) is -5.08. The zero-order valence-corrected chi connectivity index (χ0v) is 16.4. The van der Waals surface area contributed by atoms with Crippen molar-refractivity contribution >= 4 is 22.6 Å². The topological polar surface area (TPSA) is 99.2 Å². The Bertz CT molecular complexity index is 1260. The van der Waals surface area contributed by atoms with Crippen LogP contribution in [0.2, 0.25) is 0 Å². The zero-order valence-electron chi connectivity index (χ0n) is 16.4. The van der Waals surface area contributed by atoms with Crippen LogP contribution in [0.15, 0.2) is 77.2 Å². The third-order valence-corrected chi connectivity index (χ3v) is 4.29. The number of aromatic nitrogens is 1. The summed E-state index contributed by atoms with van der Waals surface area (Å²) in [6, 6.07) is 26.1. The summed E-state index contributed by atoms with van der Waals surface area (Å²) >= 11 is 0. The Morgan fingerprint density at radius 2 is 1.66 bits per heavy atom. The van der Waals surface area contributed by atoms with Crippen LogP contribution in [0.1, 0.15) is 11.3 Å². The number of aliphatic carboxylic acids is 1. The van der Waals surface area contributed by atoms with Gasteiger partial charge in [0.05, 0.1) is 0 Å². The maximum atomic E-state index is 10.6. The molecule has 162 valence electrons. The second-order valence-corrected chi connectivity index (χ2v) is 6.48. The fourth-order valence-electron chi connectivity index (χ4n) is 2.82. The molecule has 0 radical (unpaired) electrons. The SMILES string of the molecule is N#Cc1nc(-c2cccc3ccccc23)oc1NCc1ccccc1.O=C(O)C(F)(F)F. The van der Waals surface area contributed by atoms with E-state index in [0.717, 1.165) is 21.9 Å². The van der Waals surface area contributed by atoms with Gasteiger partial charge in [0.1, 0.15) is 6.07 Å². The third kappa shape index (κ3) is 5.43.